The molecule has 0 unspecified atom stereocenters. The van der Waals surface area contributed by atoms with Crippen molar-refractivity contribution in [1.82, 2.24) is 8.61 Å². The fraction of sp³-hybridized carbons (Fsp3) is 0.625. The Bertz CT molecular complexity index is 610. The third-order valence-electron chi connectivity index (χ3n) is 3.86. The van der Waals surface area contributed by atoms with Crippen molar-refractivity contribution < 1.29 is 17.9 Å². The molecule has 1 heterocycles. The molecule has 2 rings (SSSR count). The molecule has 1 fully saturated rings. The normalized spacial score (nSPS) is 23.2. The zero-order valence-electron chi connectivity index (χ0n) is 14.2. The minimum Gasteiger partial charge on any atom is -0.492 e. The molecular formula is C16H26N2O4S. The number of morpholine rings is 1. The van der Waals surface area contributed by atoms with Gasteiger partial charge in [0.2, 0.25) is 0 Å². The van der Waals surface area contributed by atoms with Crippen molar-refractivity contribution in [3.8, 4) is 5.75 Å². The molecule has 1 aromatic rings. The molecule has 0 bridgehead atoms. The summed E-state index contributed by atoms with van der Waals surface area (Å²) in [7, 11) is -1.90. The fourth-order valence-corrected chi connectivity index (χ4v) is 4.13. The van der Waals surface area contributed by atoms with Gasteiger partial charge in [-0.3, -0.25) is 0 Å². The van der Waals surface area contributed by atoms with Gasteiger partial charge in [0.15, 0.2) is 0 Å². The van der Waals surface area contributed by atoms with Crippen molar-refractivity contribution in [1.29, 1.82) is 0 Å². The van der Waals surface area contributed by atoms with Gasteiger partial charge >= 0.3 is 0 Å². The molecule has 0 aliphatic carbocycles. The van der Waals surface area contributed by atoms with E-state index < -0.39 is 10.2 Å². The molecule has 0 N–H and O–H groups in total. The van der Waals surface area contributed by atoms with Crippen LogP contribution in [0.25, 0.3) is 0 Å². The quantitative estimate of drug-likeness (QED) is 0.789. The first-order valence-corrected chi connectivity index (χ1v) is 9.25. The average molecular weight is 342 g/mol. The summed E-state index contributed by atoms with van der Waals surface area (Å²) in [6.07, 6.45) is -0.185. The van der Waals surface area contributed by atoms with Crippen LogP contribution in [0, 0.1) is 6.92 Å². The largest absolute Gasteiger partial charge is 0.492 e. The highest BCUT2D eigenvalue weighted by Gasteiger charge is 2.33. The SMILES string of the molecule is Cc1ccccc1OCCN(C)S(=O)(=O)N1C[C@H](C)O[C@@H](C)C1. The van der Waals surface area contributed by atoms with Gasteiger partial charge in [-0.2, -0.15) is 17.0 Å². The number of hydrogen-bond acceptors (Lipinski definition) is 4. The lowest BCUT2D eigenvalue weighted by Gasteiger charge is -2.36. The third kappa shape index (κ3) is 4.67. The predicted molar refractivity (Wildman–Crippen MR) is 89.8 cm³/mol. The highest BCUT2D eigenvalue weighted by molar-refractivity contribution is 7.86. The lowest BCUT2D eigenvalue weighted by Crippen LogP contribution is -2.52. The lowest BCUT2D eigenvalue weighted by atomic mass is 10.2. The molecule has 7 heteroatoms. The number of para-hydroxylation sites is 1. The molecule has 1 aliphatic heterocycles. The minimum atomic E-state index is -3.49. The second-order valence-electron chi connectivity index (χ2n) is 6.02. The zero-order chi connectivity index (χ0) is 17.0. The average Bonchev–Trinajstić information content (AvgIpc) is 2.48. The minimum absolute atomic E-state index is 0.0925. The molecule has 0 radical (unpaired) electrons. The first-order chi connectivity index (χ1) is 10.8. The summed E-state index contributed by atoms with van der Waals surface area (Å²) in [4.78, 5) is 0. The third-order valence-corrected chi connectivity index (χ3v) is 5.78. The van der Waals surface area contributed by atoms with E-state index in [1.54, 1.807) is 7.05 Å². The van der Waals surface area contributed by atoms with E-state index in [0.717, 1.165) is 11.3 Å². The Labute approximate surface area is 139 Å². The highest BCUT2D eigenvalue weighted by Crippen LogP contribution is 2.18. The molecular weight excluding hydrogens is 316 g/mol. The second kappa shape index (κ2) is 7.61. The molecule has 1 saturated heterocycles. The summed E-state index contributed by atoms with van der Waals surface area (Å²) in [5.41, 5.74) is 1.04. The predicted octanol–water partition coefficient (Wildman–Crippen LogP) is 1.66. The molecule has 0 amide bonds. The number of rotatable bonds is 6. The van der Waals surface area contributed by atoms with Crippen molar-refractivity contribution in [2.45, 2.75) is 33.0 Å². The van der Waals surface area contributed by atoms with Crippen LogP contribution in [-0.4, -0.2) is 62.5 Å². The summed E-state index contributed by atoms with van der Waals surface area (Å²) in [5, 5.41) is 0. The van der Waals surface area contributed by atoms with Gasteiger partial charge in [0, 0.05) is 26.7 Å². The van der Waals surface area contributed by atoms with Gasteiger partial charge < -0.3 is 9.47 Å². The van der Waals surface area contributed by atoms with Crippen LogP contribution in [0.1, 0.15) is 19.4 Å². The molecule has 2 atom stereocenters. The Morgan fingerprint density at radius 2 is 1.87 bits per heavy atom. The van der Waals surface area contributed by atoms with Crippen molar-refractivity contribution >= 4 is 10.2 Å². The molecule has 6 nitrogen and oxygen atoms in total. The summed E-state index contributed by atoms with van der Waals surface area (Å²) in [6.45, 7) is 7.13. The van der Waals surface area contributed by atoms with Crippen molar-refractivity contribution in [2.24, 2.45) is 0 Å². The molecule has 1 aromatic carbocycles. The molecule has 23 heavy (non-hydrogen) atoms. The van der Waals surface area contributed by atoms with Gasteiger partial charge in [0.25, 0.3) is 10.2 Å². The van der Waals surface area contributed by atoms with Gasteiger partial charge in [-0.25, -0.2) is 0 Å². The first-order valence-electron chi connectivity index (χ1n) is 7.86. The maximum atomic E-state index is 12.6. The number of benzene rings is 1. The van der Waals surface area contributed by atoms with E-state index in [2.05, 4.69) is 0 Å². The zero-order valence-corrected chi connectivity index (χ0v) is 15.0. The van der Waals surface area contributed by atoms with Gasteiger partial charge in [0.05, 0.1) is 12.2 Å². The van der Waals surface area contributed by atoms with Crippen LogP contribution in [0.3, 0.4) is 0 Å². The summed E-state index contributed by atoms with van der Waals surface area (Å²) in [6, 6.07) is 7.69. The smallest absolute Gasteiger partial charge is 0.282 e. The van der Waals surface area contributed by atoms with Crippen molar-refractivity contribution in [2.75, 3.05) is 33.3 Å². The number of nitrogens with zero attached hydrogens (tertiary/aromatic N) is 2. The standard InChI is InChI=1S/C16H26N2O4S/c1-13-7-5-6-8-16(13)21-10-9-17(4)23(19,20)18-11-14(2)22-15(3)12-18/h5-8,14-15H,9-12H2,1-4H3/t14-,15-/m0/s1. The second-order valence-corrected chi connectivity index (χ2v) is 8.05. The van der Waals surface area contributed by atoms with Crippen LogP contribution in [0.2, 0.25) is 0 Å². The Balaban J connectivity index is 1.91. The van der Waals surface area contributed by atoms with E-state index in [4.69, 9.17) is 9.47 Å². The van der Waals surface area contributed by atoms with Crippen LogP contribution < -0.4 is 4.74 Å². The van der Waals surface area contributed by atoms with Crippen LogP contribution in [-0.2, 0) is 14.9 Å². The highest BCUT2D eigenvalue weighted by atomic mass is 32.2. The topological polar surface area (TPSA) is 59.1 Å². The van der Waals surface area contributed by atoms with Gasteiger partial charge in [-0.05, 0) is 32.4 Å². The van der Waals surface area contributed by atoms with Crippen LogP contribution >= 0.6 is 0 Å². The molecule has 0 spiro atoms. The maximum Gasteiger partial charge on any atom is 0.282 e. The molecule has 130 valence electrons. The summed E-state index contributed by atoms with van der Waals surface area (Å²) >= 11 is 0. The Kier molecular flexibility index (Phi) is 6.02. The van der Waals surface area contributed by atoms with Gasteiger partial charge in [0.1, 0.15) is 12.4 Å². The van der Waals surface area contributed by atoms with E-state index in [1.807, 2.05) is 45.0 Å². The van der Waals surface area contributed by atoms with E-state index in [-0.39, 0.29) is 12.2 Å². The molecule has 0 aromatic heterocycles. The number of likely N-dealkylation sites (N-methyl/N-ethyl adjacent to an activating group) is 1. The van der Waals surface area contributed by atoms with Crippen LogP contribution in [0.5, 0.6) is 5.75 Å². The maximum absolute atomic E-state index is 12.6. The van der Waals surface area contributed by atoms with Crippen LogP contribution in [0.4, 0.5) is 0 Å². The summed E-state index contributed by atoms with van der Waals surface area (Å²) in [5.74, 6) is 0.784. The van der Waals surface area contributed by atoms with E-state index in [1.165, 1.54) is 8.61 Å². The van der Waals surface area contributed by atoms with Crippen LogP contribution in [0.15, 0.2) is 24.3 Å². The first kappa shape index (κ1) is 18.2. The Morgan fingerprint density at radius 1 is 1.26 bits per heavy atom. The van der Waals surface area contributed by atoms with E-state index >= 15 is 0 Å². The van der Waals surface area contributed by atoms with E-state index in [0.29, 0.717) is 26.2 Å². The molecule has 0 saturated carbocycles. The van der Waals surface area contributed by atoms with Crippen molar-refractivity contribution in [3.63, 3.8) is 0 Å². The number of aryl methyl sites for hydroxylation is 1. The fourth-order valence-electron chi connectivity index (χ4n) is 2.63. The van der Waals surface area contributed by atoms with Gasteiger partial charge in [-0.15, -0.1) is 0 Å². The van der Waals surface area contributed by atoms with Gasteiger partial charge in [-0.1, -0.05) is 18.2 Å². The number of hydrogen-bond donors (Lipinski definition) is 0. The summed E-state index contributed by atoms with van der Waals surface area (Å²) < 4.78 is 39.4. The van der Waals surface area contributed by atoms with Crippen molar-refractivity contribution in [3.05, 3.63) is 29.8 Å². The Morgan fingerprint density at radius 3 is 2.48 bits per heavy atom. The number of ether oxygens (including phenoxy) is 2. The lowest BCUT2D eigenvalue weighted by molar-refractivity contribution is -0.0453. The monoisotopic (exact) mass is 342 g/mol. The van der Waals surface area contributed by atoms with E-state index in [9.17, 15) is 8.42 Å². The Hall–Kier alpha value is -1.15. The molecule has 1 aliphatic rings.